The molecule has 0 fully saturated rings. The van der Waals surface area contributed by atoms with Crippen molar-refractivity contribution in [2.24, 2.45) is 0 Å². The molecule has 1 aliphatic rings. The smallest absolute Gasteiger partial charge is 0.321 e. The molecule has 1 aromatic heterocycles. The summed E-state index contributed by atoms with van der Waals surface area (Å²) >= 11 is 7.53. The summed E-state index contributed by atoms with van der Waals surface area (Å²) in [7, 11) is 0. The van der Waals surface area contributed by atoms with Gasteiger partial charge >= 0.3 is 6.03 Å². The van der Waals surface area contributed by atoms with Crippen LogP contribution in [0, 0.1) is 6.92 Å². The lowest BCUT2D eigenvalue weighted by atomic mass is 10.1. The highest BCUT2D eigenvalue weighted by atomic mass is 35.5. The third-order valence-electron chi connectivity index (χ3n) is 5.10. The molecule has 3 N–H and O–H groups in total. The highest BCUT2D eigenvalue weighted by molar-refractivity contribution is 7.22. The Kier molecular flexibility index (Phi) is 7.61. The molecule has 3 amide bonds. The monoisotopic (exact) mass is 493 g/mol. The van der Waals surface area contributed by atoms with Crippen LogP contribution in [-0.2, 0) is 0 Å². The van der Waals surface area contributed by atoms with E-state index in [1.54, 1.807) is 24.3 Å². The van der Waals surface area contributed by atoms with Crippen molar-refractivity contribution in [2.45, 2.75) is 13.3 Å². The van der Waals surface area contributed by atoms with Crippen LogP contribution in [-0.4, -0.2) is 34.9 Å². The van der Waals surface area contributed by atoms with E-state index in [0.717, 1.165) is 23.2 Å². The molecule has 2 heterocycles. The average molecular weight is 494 g/mol. The lowest BCUT2D eigenvalue weighted by Crippen LogP contribution is -2.30. The second kappa shape index (κ2) is 11.0. The quantitative estimate of drug-likeness (QED) is 0.356. The van der Waals surface area contributed by atoms with Crippen LogP contribution in [0.5, 0.6) is 0 Å². The second-order valence-electron chi connectivity index (χ2n) is 7.63. The van der Waals surface area contributed by atoms with Gasteiger partial charge in [-0.1, -0.05) is 47.2 Å². The number of nitrogens with one attached hydrogen (secondary N) is 3. The van der Waals surface area contributed by atoms with E-state index in [0.29, 0.717) is 33.5 Å². The Morgan fingerprint density at radius 3 is 2.62 bits per heavy atom. The van der Waals surface area contributed by atoms with Crippen molar-refractivity contribution in [3.05, 3.63) is 89.3 Å². The van der Waals surface area contributed by atoms with Crippen LogP contribution in [0.3, 0.4) is 0 Å². The highest BCUT2D eigenvalue weighted by Gasteiger charge is 2.13. The standard InChI is InChI=1S/C25H24ClN5O2S/c1-17-8-6-9-19(26)22(17)29-23(32)18-10-11-20-21(16-18)34-25(28-20)30-24(33)27-12-7-15-31-13-4-2-3-5-14-31/h2-6,8-11,13-14,16H,7,12,15H2,1H3,(H,29,32)(H2,27,28,30,33). The summed E-state index contributed by atoms with van der Waals surface area (Å²) < 4.78 is 0.798. The van der Waals surface area contributed by atoms with E-state index in [9.17, 15) is 9.59 Å². The number of fused-ring (bicyclic) bond motifs is 1. The zero-order valence-electron chi connectivity index (χ0n) is 18.5. The molecule has 1 aliphatic heterocycles. The number of aromatic nitrogens is 1. The number of thiazole rings is 1. The molecule has 2 aromatic carbocycles. The maximum Gasteiger partial charge on any atom is 0.321 e. The van der Waals surface area contributed by atoms with Gasteiger partial charge in [0.25, 0.3) is 5.91 Å². The minimum atomic E-state index is -0.310. The minimum absolute atomic E-state index is 0.261. The molecule has 0 atom stereocenters. The minimum Gasteiger partial charge on any atom is -0.354 e. The Labute approximate surface area is 206 Å². The Morgan fingerprint density at radius 1 is 1.06 bits per heavy atom. The molecule has 7 nitrogen and oxygen atoms in total. The molecule has 0 unspecified atom stereocenters. The maximum absolute atomic E-state index is 12.7. The van der Waals surface area contributed by atoms with Gasteiger partial charge in [0, 0.05) is 31.1 Å². The van der Waals surface area contributed by atoms with Crippen LogP contribution in [0.15, 0.2) is 73.1 Å². The molecule has 0 aliphatic carbocycles. The summed E-state index contributed by atoms with van der Waals surface area (Å²) in [6.07, 6.45) is 12.7. The van der Waals surface area contributed by atoms with E-state index >= 15 is 0 Å². The molecule has 34 heavy (non-hydrogen) atoms. The molecule has 4 rings (SSSR count). The Bertz CT molecular complexity index is 1260. The zero-order chi connectivity index (χ0) is 23.9. The van der Waals surface area contributed by atoms with Crippen LogP contribution in [0.2, 0.25) is 5.02 Å². The van der Waals surface area contributed by atoms with E-state index < -0.39 is 0 Å². The number of allylic oxidation sites excluding steroid dienone is 4. The van der Waals surface area contributed by atoms with Gasteiger partial charge in [-0.05, 0) is 55.3 Å². The summed E-state index contributed by atoms with van der Waals surface area (Å²) in [5.41, 5.74) is 2.67. The second-order valence-corrected chi connectivity index (χ2v) is 9.07. The number of nitrogens with zero attached hydrogens (tertiary/aromatic N) is 2. The topological polar surface area (TPSA) is 86.4 Å². The van der Waals surface area contributed by atoms with Crippen molar-refractivity contribution in [3.8, 4) is 0 Å². The third-order valence-corrected chi connectivity index (χ3v) is 6.35. The first-order valence-electron chi connectivity index (χ1n) is 10.8. The van der Waals surface area contributed by atoms with Gasteiger partial charge < -0.3 is 15.5 Å². The largest absolute Gasteiger partial charge is 0.354 e. The van der Waals surface area contributed by atoms with Gasteiger partial charge in [0.05, 0.1) is 20.9 Å². The van der Waals surface area contributed by atoms with Crippen molar-refractivity contribution in [1.82, 2.24) is 15.2 Å². The number of para-hydroxylation sites is 1. The van der Waals surface area contributed by atoms with Crippen LogP contribution in [0.4, 0.5) is 15.6 Å². The Hall–Kier alpha value is -3.62. The molecule has 3 aromatic rings. The SMILES string of the molecule is Cc1cccc(Cl)c1NC(=O)c1ccc2nc(NC(=O)NCCCN3C=CC=CC=C3)sc2c1. The number of halogens is 1. The zero-order valence-corrected chi connectivity index (χ0v) is 20.1. The summed E-state index contributed by atoms with van der Waals surface area (Å²) in [5.74, 6) is -0.261. The normalized spacial score (nSPS) is 12.6. The van der Waals surface area contributed by atoms with Crippen LogP contribution in [0.25, 0.3) is 10.2 Å². The average Bonchev–Trinajstić information content (AvgIpc) is 3.03. The number of aryl methyl sites for hydroxylation is 1. The predicted molar refractivity (Wildman–Crippen MR) is 140 cm³/mol. The van der Waals surface area contributed by atoms with E-state index in [1.165, 1.54) is 11.3 Å². The fourth-order valence-corrected chi connectivity index (χ4v) is 4.52. The van der Waals surface area contributed by atoms with Gasteiger partial charge in [0.15, 0.2) is 5.13 Å². The first kappa shape index (κ1) is 23.5. The molecule has 0 bridgehead atoms. The van der Waals surface area contributed by atoms with Crippen molar-refractivity contribution in [2.75, 3.05) is 23.7 Å². The lowest BCUT2D eigenvalue weighted by molar-refractivity contribution is 0.102. The first-order chi connectivity index (χ1) is 16.5. The highest BCUT2D eigenvalue weighted by Crippen LogP contribution is 2.29. The maximum atomic E-state index is 12.7. The number of rotatable bonds is 7. The number of urea groups is 1. The van der Waals surface area contributed by atoms with E-state index in [2.05, 4.69) is 25.8 Å². The number of benzene rings is 2. The summed E-state index contributed by atoms with van der Waals surface area (Å²) in [4.78, 5) is 31.5. The fraction of sp³-hybridized carbons (Fsp3) is 0.160. The number of hydrogen-bond acceptors (Lipinski definition) is 5. The van der Waals surface area contributed by atoms with E-state index in [1.807, 2.05) is 55.8 Å². The van der Waals surface area contributed by atoms with Gasteiger partial charge in [-0.25, -0.2) is 9.78 Å². The molecule has 0 saturated heterocycles. The van der Waals surface area contributed by atoms with E-state index in [-0.39, 0.29) is 11.9 Å². The molecule has 174 valence electrons. The Morgan fingerprint density at radius 2 is 1.85 bits per heavy atom. The van der Waals surface area contributed by atoms with Crippen LogP contribution >= 0.6 is 22.9 Å². The molecule has 0 radical (unpaired) electrons. The number of carbonyl (C=O) groups excluding carboxylic acids is 2. The van der Waals surface area contributed by atoms with Crippen LogP contribution < -0.4 is 16.0 Å². The van der Waals surface area contributed by atoms with Crippen LogP contribution in [0.1, 0.15) is 22.3 Å². The number of hydrogen-bond donors (Lipinski definition) is 3. The Balaban J connectivity index is 1.32. The van der Waals surface area contributed by atoms with Gasteiger partial charge in [0.1, 0.15) is 0 Å². The summed E-state index contributed by atoms with van der Waals surface area (Å²) in [6, 6.07) is 10.4. The fourth-order valence-electron chi connectivity index (χ4n) is 3.35. The lowest BCUT2D eigenvalue weighted by Gasteiger charge is -2.14. The first-order valence-corrected chi connectivity index (χ1v) is 12.0. The van der Waals surface area contributed by atoms with Crippen molar-refractivity contribution < 1.29 is 9.59 Å². The van der Waals surface area contributed by atoms with Gasteiger partial charge in [-0.3, -0.25) is 10.1 Å². The molecule has 9 heteroatoms. The number of amides is 3. The van der Waals surface area contributed by atoms with Gasteiger partial charge in [-0.15, -0.1) is 0 Å². The molecular weight excluding hydrogens is 470 g/mol. The number of carbonyl (C=O) groups is 2. The van der Waals surface area contributed by atoms with E-state index in [4.69, 9.17) is 11.6 Å². The predicted octanol–water partition coefficient (Wildman–Crippen LogP) is 5.92. The van der Waals surface area contributed by atoms with Crippen molar-refractivity contribution in [1.29, 1.82) is 0 Å². The molecular formula is C25H24ClN5O2S. The molecule has 0 saturated carbocycles. The van der Waals surface area contributed by atoms with Gasteiger partial charge in [0.2, 0.25) is 0 Å². The van der Waals surface area contributed by atoms with Gasteiger partial charge in [-0.2, -0.15) is 0 Å². The summed E-state index contributed by atoms with van der Waals surface area (Å²) in [6.45, 7) is 3.22. The van der Waals surface area contributed by atoms with Crippen molar-refractivity contribution >= 4 is 55.9 Å². The summed E-state index contributed by atoms with van der Waals surface area (Å²) in [5, 5.41) is 9.45. The molecule has 0 spiro atoms. The number of anilines is 2. The third kappa shape index (κ3) is 6.03. The van der Waals surface area contributed by atoms with Crippen molar-refractivity contribution in [3.63, 3.8) is 0 Å².